The van der Waals surface area contributed by atoms with Gasteiger partial charge in [-0.15, -0.1) is 0 Å². The number of nitrogens with zero attached hydrogens (tertiary/aromatic N) is 2. The van der Waals surface area contributed by atoms with Crippen molar-refractivity contribution < 1.29 is 9.53 Å². The SMILES string of the molecule is Cc1nccn1-c1ccc(C(C)NC(=O)C2(CN)CCOCC2)cc1. The van der Waals surface area contributed by atoms with Crippen molar-refractivity contribution >= 4 is 5.91 Å². The summed E-state index contributed by atoms with van der Waals surface area (Å²) < 4.78 is 7.41. The summed E-state index contributed by atoms with van der Waals surface area (Å²) >= 11 is 0. The number of carbonyl (C=O) groups is 1. The van der Waals surface area contributed by atoms with Crippen LogP contribution in [0.4, 0.5) is 0 Å². The van der Waals surface area contributed by atoms with E-state index in [4.69, 9.17) is 10.5 Å². The first kappa shape index (κ1) is 17.6. The lowest BCUT2D eigenvalue weighted by Gasteiger charge is -2.35. The quantitative estimate of drug-likeness (QED) is 0.872. The maximum absolute atomic E-state index is 12.8. The van der Waals surface area contributed by atoms with Crippen molar-refractivity contribution in [3.63, 3.8) is 0 Å². The van der Waals surface area contributed by atoms with Crippen molar-refractivity contribution in [2.45, 2.75) is 32.7 Å². The summed E-state index contributed by atoms with van der Waals surface area (Å²) in [6, 6.07) is 8.09. The Balaban J connectivity index is 1.69. The molecule has 1 aromatic heterocycles. The van der Waals surface area contributed by atoms with E-state index >= 15 is 0 Å². The normalized spacial score (nSPS) is 17.9. The van der Waals surface area contributed by atoms with E-state index in [-0.39, 0.29) is 11.9 Å². The number of benzene rings is 1. The van der Waals surface area contributed by atoms with Crippen LogP contribution in [0, 0.1) is 12.3 Å². The summed E-state index contributed by atoms with van der Waals surface area (Å²) in [4.78, 5) is 17.0. The molecule has 1 aliphatic rings. The topological polar surface area (TPSA) is 82.2 Å². The van der Waals surface area contributed by atoms with Crippen LogP contribution < -0.4 is 11.1 Å². The van der Waals surface area contributed by atoms with Crippen molar-refractivity contribution in [1.82, 2.24) is 14.9 Å². The summed E-state index contributed by atoms with van der Waals surface area (Å²) in [6.07, 6.45) is 5.08. The molecule has 1 unspecified atom stereocenters. The van der Waals surface area contributed by atoms with Crippen LogP contribution in [0.2, 0.25) is 0 Å². The molecule has 1 saturated heterocycles. The zero-order chi connectivity index (χ0) is 17.9. The van der Waals surface area contributed by atoms with Gasteiger partial charge in [0.15, 0.2) is 0 Å². The summed E-state index contributed by atoms with van der Waals surface area (Å²) in [5, 5.41) is 3.13. The molecule has 2 heterocycles. The van der Waals surface area contributed by atoms with E-state index in [1.54, 1.807) is 6.20 Å². The van der Waals surface area contributed by atoms with Gasteiger partial charge >= 0.3 is 0 Å². The fourth-order valence-corrected chi connectivity index (χ4v) is 3.29. The van der Waals surface area contributed by atoms with Crippen molar-refractivity contribution in [2.24, 2.45) is 11.1 Å². The van der Waals surface area contributed by atoms with Gasteiger partial charge in [0, 0.05) is 37.8 Å². The monoisotopic (exact) mass is 342 g/mol. The highest BCUT2D eigenvalue weighted by molar-refractivity contribution is 5.83. The molecule has 134 valence electrons. The molecule has 6 nitrogen and oxygen atoms in total. The third-order valence-corrected chi connectivity index (χ3v) is 5.17. The van der Waals surface area contributed by atoms with Gasteiger partial charge in [-0.25, -0.2) is 4.98 Å². The van der Waals surface area contributed by atoms with E-state index < -0.39 is 5.41 Å². The van der Waals surface area contributed by atoms with Gasteiger partial charge in [0.1, 0.15) is 5.82 Å². The zero-order valence-corrected chi connectivity index (χ0v) is 14.9. The molecule has 0 spiro atoms. The van der Waals surface area contributed by atoms with Crippen molar-refractivity contribution in [2.75, 3.05) is 19.8 Å². The Labute approximate surface area is 148 Å². The molecular formula is C19H26N4O2. The van der Waals surface area contributed by atoms with E-state index in [0.717, 1.165) is 17.1 Å². The Hall–Kier alpha value is -2.18. The van der Waals surface area contributed by atoms with Crippen LogP contribution in [0.5, 0.6) is 0 Å². The summed E-state index contributed by atoms with van der Waals surface area (Å²) in [5.41, 5.74) is 7.54. The average molecular weight is 342 g/mol. The molecule has 3 N–H and O–H groups in total. The molecule has 2 aromatic rings. The van der Waals surface area contributed by atoms with E-state index in [1.165, 1.54) is 0 Å². The Bertz CT molecular complexity index is 717. The predicted molar refractivity (Wildman–Crippen MR) is 96.4 cm³/mol. The molecule has 0 aliphatic carbocycles. The highest BCUT2D eigenvalue weighted by Gasteiger charge is 2.39. The van der Waals surface area contributed by atoms with Crippen molar-refractivity contribution in [3.8, 4) is 5.69 Å². The zero-order valence-electron chi connectivity index (χ0n) is 14.9. The number of aromatic nitrogens is 2. The Morgan fingerprint density at radius 1 is 1.36 bits per heavy atom. The molecule has 0 radical (unpaired) electrons. The van der Waals surface area contributed by atoms with Gasteiger partial charge in [-0.3, -0.25) is 4.79 Å². The second-order valence-corrected chi connectivity index (χ2v) is 6.73. The molecule has 1 aromatic carbocycles. The Kier molecular flexibility index (Phi) is 5.20. The fourth-order valence-electron chi connectivity index (χ4n) is 3.29. The summed E-state index contributed by atoms with van der Waals surface area (Å²) in [5.74, 6) is 0.971. The highest BCUT2D eigenvalue weighted by Crippen LogP contribution is 2.30. The number of amides is 1. The third-order valence-electron chi connectivity index (χ3n) is 5.17. The first-order valence-electron chi connectivity index (χ1n) is 8.75. The van der Waals surface area contributed by atoms with E-state index in [1.807, 2.05) is 48.9 Å². The van der Waals surface area contributed by atoms with Gasteiger partial charge in [-0.1, -0.05) is 12.1 Å². The minimum atomic E-state index is -0.500. The first-order chi connectivity index (χ1) is 12.1. The number of nitrogens with one attached hydrogen (secondary N) is 1. The number of nitrogens with two attached hydrogens (primary N) is 1. The standard InChI is InChI=1S/C19H26N4O2/c1-14(22-18(24)19(13-20)7-11-25-12-8-19)16-3-5-17(6-4-16)23-10-9-21-15(23)2/h3-6,9-10,14H,7-8,11-13,20H2,1-2H3,(H,22,24). The van der Waals surface area contributed by atoms with E-state index in [9.17, 15) is 4.79 Å². The van der Waals surface area contributed by atoms with Crippen LogP contribution >= 0.6 is 0 Å². The number of rotatable bonds is 5. The molecular weight excluding hydrogens is 316 g/mol. The molecule has 1 fully saturated rings. The van der Waals surface area contributed by atoms with E-state index in [2.05, 4.69) is 10.3 Å². The van der Waals surface area contributed by atoms with Gasteiger partial charge in [-0.05, 0) is 44.4 Å². The molecule has 1 aliphatic heterocycles. The maximum atomic E-state index is 12.8. The van der Waals surface area contributed by atoms with E-state index in [0.29, 0.717) is 32.6 Å². The number of aryl methyl sites for hydroxylation is 1. The van der Waals surface area contributed by atoms with Crippen molar-refractivity contribution in [3.05, 3.63) is 48.0 Å². The van der Waals surface area contributed by atoms with Crippen LogP contribution in [-0.4, -0.2) is 35.2 Å². The van der Waals surface area contributed by atoms with Gasteiger partial charge in [0.05, 0.1) is 11.5 Å². The molecule has 6 heteroatoms. The molecule has 25 heavy (non-hydrogen) atoms. The van der Waals surface area contributed by atoms with Crippen LogP contribution in [0.25, 0.3) is 5.69 Å². The lowest BCUT2D eigenvalue weighted by molar-refractivity contribution is -0.136. The van der Waals surface area contributed by atoms with Gasteiger partial charge < -0.3 is 20.4 Å². The number of hydrogen-bond donors (Lipinski definition) is 2. The second-order valence-electron chi connectivity index (χ2n) is 6.73. The van der Waals surface area contributed by atoms with Crippen LogP contribution in [0.3, 0.4) is 0 Å². The Morgan fingerprint density at radius 3 is 2.60 bits per heavy atom. The largest absolute Gasteiger partial charge is 0.381 e. The number of carbonyl (C=O) groups excluding carboxylic acids is 1. The summed E-state index contributed by atoms with van der Waals surface area (Å²) in [7, 11) is 0. The predicted octanol–water partition coefficient (Wildman–Crippen LogP) is 2.11. The van der Waals surface area contributed by atoms with Crippen LogP contribution in [0.1, 0.15) is 37.2 Å². The molecule has 1 atom stereocenters. The maximum Gasteiger partial charge on any atom is 0.228 e. The second kappa shape index (κ2) is 7.37. The number of imidazole rings is 1. The molecule has 0 saturated carbocycles. The van der Waals surface area contributed by atoms with Crippen molar-refractivity contribution in [1.29, 1.82) is 0 Å². The highest BCUT2D eigenvalue weighted by atomic mass is 16.5. The van der Waals surface area contributed by atoms with Gasteiger partial charge in [0.25, 0.3) is 0 Å². The molecule has 3 rings (SSSR count). The lowest BCUT2D eigenvalue weighted by atomic mass is 9.79. The van der Waals surface area contributed by atoms with Crippen LogP contribution in [0.15, 0.2) is 36.7 Å². The minimum Gasteiger partial charge on any atom is -0.381 e. The van der Waals surface area contributed by atoms with Gasteiger partial charge in [-0.2, -0.15) is 0 Å². The molecule has 0 bridgehead atoms. The lowest BCUT2D eigenvalue weighted by Crippen LogP contribution is -2.49. The average Bonchev–Trinajstić information content (AvgIpc) is 3.08. The smallest absolute Gasteiger partial charge is 0.228 e. The third kappa shape index (κ3) is 3.60. The number of ether oxygens (including phenoxy) is 1. The fraction of sp³-hybridized carbons (Fsp3) is 0.474. The summed E-state index contributed by atoms with van der Waals surface area (Å²) in [6.45, 7) is 5.51. The minimum absolute atomic E-state index is 0.0281. The van der Waals surface area contributed by atoms with Gasteiger partial charge in [0.2, 0.25) is 5.91 Å². The Morgan fingerprint density at radius 2 is 2.04 bits per heavy atom. The first-order valence-corrected chi connectivity index (χ1v) is 8.75. The van der Waals surface area contributed by atoms with Crippen LogP contribution in [-0.2, 0) is 9.53 Å². The number of hydrogen-bond acceptors (Lipinski definition) is 4. The molecule has 1 amide bonds.